The summed E-state index contributed by atoms with van der Waals surface area (Å²) in [6.07, 6.45) is 0. The Morgan fingerprint density at radius 3 is 2.59 bits per heavy atom. The number of hydrogen-bond donors (Lipinski definition) is 0. The molecule has 0 amide bonds. The maximum Gasteiger partial charge on any atom is 0.0445 e. The van der Waals surface area contributed by atoms with Crippen molar-refractivity contribution in [2.75, 3.05) is 42.7 Å². The average Bonchev–Trinajstić information content (AvgIpc) is 2.37. The van der Waals surface area contributed by atoms with Gasteiger partial charge in [0.15, 0.2) is 0 Å². The van der Waals surface area contributed by atoms with Gasteiger partial charge in [0, 0.05) is 37.7 Å². The van der Waals surface area contributed by atoms with E-state index < -0.39 is 0 Å². The van der Waals surface area contributed by atoms with Crippen LogP contribution in [0.1, 0.15) is 12.5 Å². The second kappa shape index (κ2) is 6.31. The topological polar surface area (TPSA) is 6.48 Å². The summed E-state index contributed by atoms with van der Waals surface area (Å²) >= 11 is 2.02. The fourth-order valence-corrected chi connectivity index (χ4v) is 2.88. The Hall–Kier alpha value is -0.670. The Balaban J connectivity index is 1.86. The second-order valence-corrected chi connectivity index (χ2v) is 5.81. The van der Waals surface area contributed by atoms with Crippen molar-refractivity contribution in [1.29, 1.82) is 0 Å². The fourth-order valence-electron chi connectivity index (χ4n) is 2.18. The van der Waals surface area contributed by atoms with Crippen LogP contribution in [0.2, 0.25) is 0 Å². The van der Waals surface area contributed by atoms with Crippen LogP contribution in [0.25, 0.3) is 0 Å². The predicted octanol–water partition coefficient (Wildman–Crippen LogP) is 2.83. The lowest BCUT2D eigenvalue weighted by Crippen LogP contribution is -2.46. The van der Waals surface area contributed by atoms with Gasteiger partial charge < -0.3 is 4.90 Å². The van der Waals surface area contributed by atoms with Gasteiger partial charge in [0.2, 0.25) is 0 Å². The Labute approximate surface area is 109 Å². The molecule has 0 atom stereocenters. The SMILES string of the molecule is CCSCN1CCN(c2cccc(C)c2)CC1. The minimum Gasteiger partial charge on any atom is -0.369 e. The zero-order chi connectivity index (χ0) is 12.1. The number of aryl methyl sites for hydroxylation is 1. The molecule has 0 spiro atoms. The Morgan fingerprint density at radius 2 is 1.94 bits per heavy atom. The summed E-state index contributed by atoms with van der Waals surface area (Å²) in [5.41, 5.74) is 2.74. The summed E-state index contributed by atoms with van der Waals surface area (Å²) < 4.78 is 0. The molecule has 94 valence electrons. The molecule has 0 radical (unpaired) electrons. The van der Waals surface area contributed by atoms with E-state index in [0.29, 0.717) is 0 Å². The number of anilines is 1. The largest absolute Gasteiger partial charge is 0.369 e. The molecule has 0 unspecified atom stereocenters. The average molecular weight is 250 g/mol. The van der Waals surface area contributed by atoms with Crippen molar-refractivity contribution in [2.45, 2.75) is 13.8 Å². The van der Waals surface area contributed by atoms with E-state index in [1.54, 1.807) is 0 Å². The van der Waals surface area contributed by atoms with Crippen LogP contribution in [-0.2, 0) is 0 Å². The standard InChI is InChI=1S/C14H22N2S/c1-3-17-12-15-7-9-16(10-8-15)14-6-4-5-13(2)11-14/h4-6,11H,3,7-10,12H2,1-2H3. The molecule has 1 aliphatic rings. The van der Waals surface area contributed by atoms with Crippen LogP contribution in [0.5, 0.6) is 0 Å². The highest BCUT2D eigenvalue weighted by Gasteiger charge is 2.16. The van der Waals surface area contributed by atoms with Gasteiger partial charge in [-0.05, 0) is 30.4 Å². The van der Waals surface area contributed by atoms with E-state index >= 15 is 0 Å². The first-order chi connectivity index (χ1) is 8.29. The number of rotatable bonds is 4. The van der Waals surface area contributed by atoms with Crippen LogP contribution in [0.3, 0.4) is 0 Å². The summed E-state index contributed by atoms with van der Waals surface area (Å²) in [6, 6.07) is 8.83. The van der Waals surface area contributed by atoms with E-state index in [-0.39, 0.29) is 0 Å². The zero-order valence-corrected chi connectivity index (χ0v) is 11.7. The van der Waals surface area contributed by atoms with E-state index in [9.17, 15) is 0 Å². The highest BCUT2D eigenvalue weighted by Crippen LogP contribution is 2.18. The van der Waals surface area contributed by atoms with Crippen molar-refractivity contribution in [3.05, 3.63) is 29.8 Å². The van der Waals surface area contributed by atoms with Crippen molar-refractivity contribution < 1.29 is 0 Å². The molecule has 0 saturated carbocycles. The summed E-state index contributed by atoms with van der Waals surface area (Å²) in [4.78, 5) is 5.06. The van der Waals surface area contributed by atoms with Gasteiger partial charge in [-0.15, -0.1) is 11.8 Å². The Kier molecular flexibility index (Phi) is 4.75. The molecule has 1 aliphatic heterocycles. The molecule has 17 heavy (non-hydrogen) atoms. The number of benzene rings is 1. The molecular formula is C14H22N2S. The number of nitrogens with zero attached hydrogens (tertiary/aromatic N) is 2. The zero-order valence-electron chi connectivity index (χ0n) is 10.9. The van der Waals surface area contributed by atoms with Crippen molar-refractivity contribution in [2.24, 2.45) is 0 Å². The maximum atomic E-state index is 2.56. The molecule has 0 bridgehead atoms. The van der Waals surface area contributed by atoms with E-state index in [4.69, 9.17) is 0 Å². The first-order valence-corrected chi connectivity index (χ1v) is 7.57. The van der Waals surface area contributed by atoms with Gasteiger partial charge >= 0.3 is 0 Å². The third-order valence-electron chi connectivity index (χ3n) is 3.22. The molecule has 2 rings (SSSR count). The lowest BCUT2D eigenvalue weighted by atomic mass is 10.2. The van der Waals surface area contributed by atoms with Gasteiger partial charge in [0.25, 0.3) is 0 Å². The van der Waals surface area contributed by atoms with E-state index in [1.807, 2.05) is 11.8 Å². The third-order valence-corrected chi connectivity index (χ3v) is 4.17. The second-order valence-electron chi connectivity index (χ2n) is 4.57. The summed E-state index contributed by atoms with van der Waals surface area (Å²) in [5, 5.41) is 0. The van der Waals surface area contributed by atoms with Crippen molar-refractivity contribution in [3.63, 3.8) is 0 Å². The van der Waals surface area contributed by atoms with Crippen LogP contribution in [0, 0.1) is 6.92 Å². The van der Waals surface area contributed by atoms with Crippen molar-refractivity contribution in [3.8, 4) is 0 Å². The van der Waals surface area contributed by atoms with Gasteiger partial charge in [0.1, 0.15) is 0 Å². The third kappa shape index (κ3) is 3.65. The molecular weight excluding hydrogens is 228 g/mol. The van der Waals surface area contributed by atoms with Gasteiger partial charge in [-0.3, -0.25) is 4.90 Å². The molecule has 0 N–H and O–H groups in total. The minimum absolute atomic E-state index is 1.16. The van der Waals surface area contributed by atoms with E-state index in [0.717, 1.165) is 13.1 Å². The molecule has 1 fully saturated rings. The predicted molar refractivity (Wildman–Crippen MR) is 78.0 cm³/mol. The maximum absolute atomic E-state index is 2.56. The summed E-state index contributed by atoms with van der Waals surface area (Å²) in [5.74, 6) is 2.41. The van der Waals surface area contributed by atoms with Gasteiger partial charge in [-0.2, -0.15) is 0 Å². The van der Waals surface area contributed by atoms with Gasteiger partial charge in [-0.1, -0.05) is 19.1 Å². The van der Waals surface area contributed by atoms with Crippen LogP contribution in [0.4, 0.5) is 5.69 Å². The number of piperazine rings is 1. The fraction of sp³-hybridized carbons (Fsp3) is 0.571. The Bertz CT molecular complexity index is 346. The first-order valence-electron chi connectivity index (χ1n) is 6.41. The number of hydrogen-bond acceptors (Lipinski definition) is 3. The van der Waals surface area contributed by atoms with E-state index in [1.165, 1.54) is 36.0 Å². The van der Waals surface area contributed by atoms with Crippen LogP contribution < -0.4 is 4.90 Å². The molecule has 1 aromatic rings. The Morgan fingerprint density at radius 1 is 1.18 bits per heavy atom. The quantitative estimate of drug-likeness (QED) is 0.811. The normalized spacial score (nSPS) is 17.4. The monoisotopic (exact) mass is 250 g/mol. The summed E-state index contributed by atoms with van der Waals surface area (Å²) in [6.45, 7) is 9.11. The van der Waals surface area contributed by atoms with Crippen molar-refractivity contribution >= 4 is 17.4 Å². The minimum atomic E-state index is 1.16. The van der Waals surface area contributed by atoms with Gasteiger partial charge in [-0.25, -0.2) is 0 Å². The smallest absolute Gasteiger partial charge is 0.0445 e. The molecule has 0 aliphatic carbocycles. The highest BCUT2D eigenvalue weighted by molar-refractivity contribution is 7.99. The van der Waals surface area contributed by atoms with Gasteiger partial charge in [0.05, 0.1) is 0 Å². The molecule has 2 nitrogen and oxygen atoms in total. The number of thioether (sulfide) groups is 1. The van der Waals surface area contributed by atoms with Crippen LogP contribution >= 0.6 is 11.8 Å². The first kappa shape index (κ1) is 12.8. The molecule has 0 aromatic heterocycles. The molecule has 1 saturated heterocycles. The van der Waals surface area contributed by atoms with Crippen LogP contribution in [0.15, 0.2) is 24.3 Å². The molecule has 1 heterocycles. The van der Waals surface area contributed by atoms with E-state index in [2.05, 4.69) is 47.9 Å². The lowest BCUT2D eigenvalue weighted by Gasteiger charge is -2.36. The molecule has 3 heteroatoms. The highest BCUT2D eigenvalue weighted by atomic mass is 32.2. The molecule has 1 aromatic carbocycles. The lowest BCUT2D eigenvalue weighted by molar-refractivity contribution is 0.301. The van der Waals surface area contributed by atoms with Crippen molar-refractivity contribution in [1.82, 2.24) is 4.90 Å². The van der Waals surface area contributed by atoms with Crippen LogP contribution in [-0.4, -0.2) is 42.7 Å². The summed E-state index contributed by atoms with van der Waals surface area (Å²) in [7, 11) is 0.